The van der Waals surface area contributed by atoms with Gasteiger partial charge in [-0.25, -0.2) is 4.98 Å². The molecule has 0 saturated carbocycles. The van der Waals surface area contributed by atoms with E-state index in [0.717, 1.165) is 42.5 Å². The van der Waals surface area contributed by atoms with Crippen LogP contribution < -0.4 is 0 Å². The second kappa shape index (κ2) is 7.23. The Bertz CT molecular complexity index is 655. The number of aromatic nitrogens is 1. The molecule has 122 valence electrons. The van der Waals surface area contributed by atoms with Gasteiger partial charge in [0.25, 0.3) is 5.91 Å². The van der Waals surface area contributed by atoms with E-state index in [9.17, 15) is 4.79 Å². The van der Waals surface area contributed by atoms with E-state index in [-0.39, 0.29) is 11.9 Å². The second-order valence-electron chi connectivity index (χ2n) is 6.17. The van der Waals surface area contributed by atoms with Crippen LogP contribution >= 0.6 is 11.3 Å². The Hall–Kier alpha value is -1.72. The summed E-state index contributed by atoms with van der Waals surface area (Å²) in [6.07, 6.45) is 2.72. The fourth-order valence-electron chi connectivity index (χ4n) is 3.14. The third-order valence-corrected chi connectivity index (χ3v) is 5.17. The van der Waals surface area contributed by atoms with E-state index in [1.54, 1.807) is 6.20 Å². The molecule has 0 bridgehead atoms. The van der Waals surface area contributed by atoms with E-state index in [0.29, 0.717) is 0 Å². The topological polar surface area (TPSA) is 36.4 Å². The SMILES string of the molecule is Cc1ncc(C(=O)N2CCCN(Cc3ccccc3)C[C@H]2C)s1. The van der Waals surface area contributed by atoms with Crippen LogP contribution in [0.4, 0.5) is 0 Å². The van der Waals surface area contributed by atoms with Gasteiger partial charge in [0.05, 0.1) is 11.2 Å². The van der Waals surface area contributed by atoms with Gasteiger partial charge in [0.15, 0.2) is 0 Å². The van der Waals surface area contributed by atoms with E-state index >= 15 is 0 Å². The molecule has 2 heterocycles. The highest BCUT2D eigenvalue weighted by atomic mass is 32.1. The number of nitrogens with zero attached hydrogens (tertiary/aromatic N) is 3. The molecule has 0 radical (unpaired) electrons. The maximum atomic E-state index is 12.7. The molecule has 5 heteroatoms. The van der Waals surface area contributed by atoms with E-state index in [2.05, 4.69) is 41.1 Å². The van der Waals surface area contributed by atoms with Crippen LogP contribution in [-0.4, -0.2) is 46.4 Å². The van der Waals surface area contributed by atoms with E-state index in [1.807, 2.05) is 17.9 Å². The smallest absolute Gasteiger partial charge is 0.265 e. The number of hydrogen-bond acceptors (Lipinski definition) is 4. The fourth-order valence-corrected chi connectivity index (χ4v) is 3.87. The second-order valence-corrected chi connectivity index (χ2v) is 7.40. The summed E-state index contributed by atoms with van der Waals surface area (Å²) in [5, 5.41) is 0.946. The number of hydrogen-bond donors (Lipinski definition) is 0. The van der Waals surface area contributed by atoms with Crippen molar-refractivity contribution in [3.63, 3.8) is 0 Å². The molecule has 0 N–H and O–H groups in total. The molecule has 0 spiro atoms. The van der Waals surface area contributed by atoms with Gasteiger partial charge in [-0.1, -0.05) is 30.3 Å². The summed E-state index contributed by atoms with van der Waals surface area (Å²) in [6.45, 7) is 7.81. The van der Waals surface area contributed by atoms with Gasteiger partial charge in [-0.2, -0.15) is 0 Å². The lowest BCUT2D eigenvalue weighted by Gasteiger charge is -2.28. The minimum atomic E-state index is 0.129. The number of benzene rings is 1. The number of carbonyl (C=O) groups excluding carboxylic acids is 1. The lowest BCUT2D eigenvalue weighted by Crippen LogP contribution is -2.42. The first-order valence-corrected chi connectivity index (χ1v) is 8.95. The molecule has 1 aromatic carbocycles. The molecule has 1 amide bonds. The average Bonchev–Trinajstić information content (AvgIpc) is 2.89. The van der Waals surface area contributed by atoms with Crippen molar-refractivity contribution in [2.45, 2.75) is 32.9 Å². The average molecular weight is 329 g/mol. The Kier molecular flexibility index (Phi) is 5.08. The maximum Gasteiger partial charge on any atom is 0.265 e. The molecule has 23 heavy (non-hydrogen) atoms. The Labute approximate surface area is 141 Å². The van der Waals surface area contributed by atoms with Crippen LogP contribution in [0.3, 0.4) is 0 Å². The quantitative estimate of drug-likeness (QED) is 0.868. The Morgan fingerprint density at radius 3 is 2.78 bits per heavy atom. The predicted molar refractivity (Wildman–Crippen MR) is 93.7 cm³/mol. The standard InChI is InChI=1S/C18H23N3OS/c1-14-12-20(13-16-7-4-3-5-8-16)9-6-10-21(14)18(22)17-11-19-15(2)23-17/h3-5,7-8,11,14H,6,9-10,12-13H2,1-2H3/t14-/m1/s1. The highest BCUT2D eigenvalue weighted by Gasteiger charge is 2.27. The molecule has 4 nitrogen and oxygen atoms in total. The molecule has 2 aromatic rings. The summed E-state index contributed by atoms with van der Waals surface area (Å²) in [6, 6.07) is 10.8. The number of aryl methyl sites for hydroxylation is 1. The van der Waals surface area contributed by atoms with Gasteiger partial charge >= 0.3 is 0 Å². The van der Waals surface area contributed by atoms with Gasteiger partial charge in [-0.15, -0.1) is 11.3 Å². The summed E-state index contributed by atoms with van der Waals surface area (Å²) >= 11 is 1.49. The predicted octanol–water partition coefficient (Wildman–Crippen LogP) is 3.19. The normalized spacial score (nSPS) is 19.6. The lowest BCUT2D eigenvalue weighted by atomic mass is 10.2. The van der Waals surface area contributed by atoms with E-state index in [4.69, 9.17) is 0 Å². The molecule has 1 aliphatic heterocycles. The minimum absolute atomic E-state index is 0.129. The van der Waals surface area contributed by atoms with E-state index < -0.39 is 0 Å². The Morgan fingerprint density at radius 1 is 1.30 bits per heavy atom. The third kappa shape index (κ3) is 3.98. The van der Waals surface area contributed by atoms with Crippen LogP contribution in [0, 0.1) is 6.92 Å². The zero-order valence-corrected chi connectivity index (χ0v) is 14.6. The Balaban J connectivity index is 1.66. The minimum Gasteiger partial charge on any atom is -0.334 e. The molecule has 1 saturated heterocycles. The highest BCUT2D eigenvalue weighted by molar-refractivity contribution is 7.13. The molecule has 3 rings (SSSR count). The first-order chi connectivity index (χ1) is 11.1. The van der Waals surface area contributed by atoms with Crippen molar-refractivity contribution in [3.8, 4) is 0 Å². The van der Waals surface area contributed by atoms with Crippen molar-refractivity contribution in [2.75, 3.05) is 19.6 Å². The van der Waals surface area contributed by atoms with Crippen molar-refractivity contribution in [1.29, 1.82) is 0 Å². The molecule has 0 aliphatic carbocycles. The van der Waals surface area contributed by atoms with Gasteiger partial charge in [0.1, 0.15) is 4.88 Å². The van der Waals surface area contributed by atoms with Crippen LogP contribution in [-0.2, 0) is 6.54 Å². The van der Waals surface area contributed by atoms with Crippen LogP contribution in [0.2, 0.25) is 0 Å². The molecule has 0 unspecified atom stereocenters. The first-order valence-electron chi connectivity index (χ1n) is 8.13. The van der Waals surface area contributed by atoms with Gasteiger partial charge in [0.2, 0.25) is 0 Å². The molecular weight excluding hydrogens is 306 g/mol. The zero-order valence-electron chi connectivity index (χ0n) is 13.7. The lowest BCUT2D eigenvalue weighted by molar-refractivity contribution is 0.0696. The van der Waals surface area contributed by atoms with Crippen LogP contribution in [0.25, 0.3) is 0 Å². The van der Waals surface area contributed by atoms with Crippen LogP contribution in [0.15, 0.2) is 36.5 Å². The number of rotatable bonds is 3. The molecule has 1 fully saturated rings. The zero-order chi connectivity index (χ0) is 16.2. The molecular formula is C18H23N3OS. The summed E-state index contributed by atoms with van der Waals surface area (Å²) in [4.78, 5) is 22.1. The van der Waals surface area contributed by atoms with Crippen molar-refractivity contribution in [1.82, 2.24) is 14.8 Å². The number of carbonyl (C=O) groups is 1. The largest absolute Gasteiger partial charge is 0.334 e. The highest BCUT2D eigenvalue weighted by Crippen LogP contribution is 2.19. The van der Waals surface area contributed by atoms with Gasteiger partial charge in [-0.3, -0.25) is 9.69 Å². The fraction of sp³-hybridized carbons (Fsp3) is 0.444. The van der Waals surface area contributed by atoms with Gasteiger partial charge < -0.3 is 4.90 Å². The summed E-state index contributed by atoms with van der Waals surface area (Å²) < 4.78 is 0. The van der Waals surface area contributed by atoms with Crippen molar-refractivity contribution >= 4 is 17.2 Å². The van der Waals surface area contributed by atoms with Gasteiger partial charge in [0, 0.05) is 32.2 Å². The van der Waals surface area contributed by atoms with Crippen molar-refractivity contribution < 1.29 is 4.79 Å². The molecule has 1 aromatic heterocycles. The van der Waals surface area contributed by atoms with Crippen molar-refractivity contribution in [2.24, 2.45) is 0 Å². The number of amides is 1. The van der Waals surface area contributed by atoms with Crippen molar-refractivity contribution in [3.05, 3.63) is 52.0 Å². The summed E-state index contributed by atoms with van der Waals surface area (Å²) in [5.41, 5.74) is 1.33. The monoisotopic (exact) mass is 329 g/mol. The molecule has 1 atom stereocenters. The molecule has 1 aliphatic rings. The summed E-state index contributed by atoms with van der Waals surface area (Å²) in [5.74, 6) is 0.129. The number of thiazole rings is 1. The van der Waals surface area contributed by atoms with Gasteiger partial charge in [-0.05, 0) is 25.8 Å². The van der Waals surface area contributed by atoms with Crippen LogP contribution in [0.5, 0.6) is 0 Å². The first kappa shape index (κ1) is 16.1. The summed E-state index contributed by atoms with van der Waals surface area (Å²) in [7, 11) is 0. The third-order valence-electron chi connectivity index (χ3n) is 4.27. The van der Waals surface area contributed by atoms with Crippen LogP contribution in [0.1, 0.15) is 33.6 Å². The maximum absolute atomic E-state index is 12.7. The van der Waals surface area contributed by atoms with E-state index in [1.165, 1.54) is 16.9 Å². The Morgan fingerprint density at radius 2 is 2.09 bits per heavy atom.